The van der Waals surface area contributed by atoms with E-state index >= 15 is 0 Å². The molecule has 0 unspecified atom stereocenters. The molecule has 0 N–H and O–H groups in total. The van der Waals surface area contributed by atoms with Gasteiger partial charge in [0.05, 0.1) is 0 Å². The molecule has 3 aromatic rings. The SMILES string of the molecule is C[n+]1ccc(-c2nc3ccccc3o2)cc1.[I-]. The Morgan fingerprint density at radius 1 is 1.06 bits per heavy atom. The normalized spacial score (nSPS) is 10.2. The quantitative estimate of drug-likeness (QED) is 0.435. The fourth-order valence-electron chi connectivity index (χ4n) is 1.64. The lowest BCUT2D eigenvalue weighted by molar-refractivity contribution is -0.671. The maximum Gasteiger partial charge on any atom is 0.227 e. The summed E-state index contributed by atoms with van der Waals surface area (Å²) in [4.78, 5) is 4.44. The molecule has 0 aliphatic rings. The summed E-state index contributed by atoms with van der Waals surface area (Å²) >= 11 is 0. The van der Waals surface area contributed by atoms with Gasteiger partial charge in [0, 0.05) is 17.7 Å². The molecule has 2 heterocycles. The number of hydrogen-bond acceptors (Lipinski definition) is 2. The van der Waals surface area contributed by atoms with Crippen LogP contribution in [0.1, 0.15) is 0 Å². The van der Waals surface area contributed by atoms with Gasteiger partial charge < -0.3 is 28.4 Å². The van der Waals surface area contributed by atoms with E-state index < -0.39 is 0 Å². The first-order valence-corrected chi connectivity index (χ1v) is 5.14. The van der Waals surface area contributed by atoms with E-state index in [1.54, 1.807) is 0 Å². The summed E-state index contributed by atoms with van der Waals surface area (Å²) in [7, 11) is 1.98. The third kappa shape index (κ3) is 2.31. The van der Waals surface area contributed by atoms with Crippen molar-refractivity contribution < 1.29 is 33.0 Å². The molecule has 4 heteroatoms. The monoisotopic (exact) mass is 338 g/mol. The molecule has 0 saturated heterocycles. The van der Waals surface area contributed by atoms with Gasteiger partial charge in [0.2, 0.25) is 5.89 Å². The summed E-state index contributed by atoms with van der Waals surface area (Å²) < 4.78 is 7.65. The highest BCUT2D eigenvalue weighted by Crippen LogP contribution is 2.22. The molecule has 86 valence electrons. The lowest BCUT2D eigenvalue weighted by Gasteiger charge is -1.91. The highest BCUT2D eigenvalue weighted by atomic mass is 127. The lowest BCUT2D eigenvalue weighted by Crippen LogP contribution is -3.00. The van der Waals surface area contributed by atoms with Crippen LogP contribution >= 0.6 is 0 Å². The molecule has 0 amide bonds. The van der Waals surface area contributed by atoms with Gasteiger partial charge in [0.1, 0.15) is 12.6 Å². The molecule has 3 nitrogen and oxygen atoms in total. The van der Waals surface area contributed by atoms with E-state index in [4.69, 9.17) is 4.42 Å². The second kappa shape index (κ2) is 4.83. The number of halogens is 1. The number of benzene rings is 1. The first-order valence-electron chi connectivity index (χ1n) is 5.14. The van der Waals surface area contributed by atoms with Crippen molar-refractivity contribution in [3.05, 3.63) is 48.8 Å². The third-order valence-corrected chi connectivity index (χ3v) is 2.52. The minimum atomic E-state index is 0. The molecular weight excluding hydrogens is 327 g/mol. The van der Waals surface area contributed by atoms with Gasteiger partial charge in [-0.3, -0.25) is 0 Å². The van der Waals surface area contributed by atoms with Crippen LogP contribution in [0.5, 0.6) is 0 Å². The van der Waals surface area contributed by atoms with Crippen LogP contribution in [0.15, 0.2) is 53.2 Å². The molecule has 0 bridgehead atoms. The maximum atomic E-state index is 5.67. The fraction of sp³-hybridized carbons (Fsp3) is 0.0769. The summed E-state index contributed by atoms with van der Waals surface area (Å²) in [5, 5.41) is 0. The second-order valence-corrected chi connectivity index (χ2v) is 3.74. The number of aromatic nitrogens is 2. The van der Waals surface area contributed by atoms with Crippen LogP contribution < -0.4 is 28.5 Å². The molecule has 0 saturated carbocycles. The third-order valence-electron chi connectivity index (χ3n) is 2.52. The number of fused-ring (bicyclic) bond motifs is 1. The first-order chi connectivity index (χ1) is 7.83. The molecule has 1 aromatic carbocycles. The number of para-hydroxylation sites is 2. The van der Waals surface area contributed by atoms with E-state index in [9.17, 15) is 0 Å². The van der Waals surface area contributed by atoms with Gasteiger partial charge in [-0.05, 0) is 12.1 Å². The summed E-state index contributed by atoms with van der Waals surface area (Å²) in [6.45, 7) is 0. The number of rotatable bonds is 1. The van der Waals surface area contributed by atoms with Gasteiger partial charge >= 0.3 is 0 Å². The highest BCUT2D eigenvalue weighted by Gasteiger charge is 2.08. The molecule has 0 aliphatic carbocycles. The fourth-order valence-corrected chi connectivity index (χ4v) is 1.64. The van der Waals surface area contributed by atoms with Crippen LogP contribution in [-0.4, -0.2) is 4.98 Å². The molecule has 17 heavy (non-hydrogen) atoms. The number of aryl methyl sites for hydroxylation is 1. The average molecular weight is 338 g/mol. The lowest BCUT2D eigenvalue weighted by atomic mass is 10.3. The van der Waals surface area contributed by atoms with Gasteiger partial charge in [-0.15, -0.1) is 0 Å². The minimum Gasteiger partial charge on any atom is -1.00 e. The first kappa shape index (κ1) is 12.0. The smallest absolute Gasteiger partial charge is 0.227 e. The van der Waals surface area contributed by atoms with E-state index in [-0.39, 0.29) is 24.0 Å². The molecule has 0 aliphatic heterocycles. The molecule has 0 spiro atoms. The van der Waals surface area contributed by atoms with Crippen molar-refractivity contribution in [2.75, 3.05) is 0 Å². The zero-order chi connectivity index (χ0) is 11.0. The number of hydrogen-bond donors (Lipinski definition) is 0. The maximum absolute atomic E-state index is 5.67. The predicted octanol–water partition coefficient (Wildman–Crippen LogP) is -0.677. The van der Waals surface area contributed by atoms with Gasteiger partial charge in [-0.25, -0.2) is 9.55 Å². The van der Waals surface area contributed by atoms with Crippen LogP contribution in [-0.2, 0) is 7.05 Å². The summed E-state index contributed by atoms with van der Waals surface area (Å²) in [5.74, 6) is 0.668. The number of pyridine rings is 1. The van der Waals surface area contributed by atoms with Crippen molar-refractivity contribution in [1.29, 1.82) is 0 Å². The Balaban J connectivity index is 0.00000108. The number of oxazole rings is 1. The molecule has 0 radical (unpaired) electrons. The van der Waals surface area contributed by atoms with Crippen LogP contribution in [0.3, 0.4) is 0 Å². The van der Waals surface area contributed by atoms with Crippen molar-refractivity contribution in [3.63, 3.8) is 0 Å². The zero-order valence-corrected chi connectivity index (χ0v) is 11.5. The van der Waals surface area contributed by atoms with Crippen LogP contribution in [0.4, 0.5) is 0 Å². The highest BCUT2D eigenvalue weighted by molar-refractivity contribution is 5.75. The summed E-state index contributed by atoms with van der Waals surface area (Å²) in [5.41, 5.74) is 2.71. The summed E-state index contributed by atoms with van der Waals surface area (Å²) in [6, 6.07) is 11.8. The van der Waals surface area contributed by atoms with E-state index in [1.807, 2.05) is 60.4 Å². The predicted molar refractivity (Wildman–Crippen MR) is 60.6 cm³/mol. The topological polar surface area (TPSA) is 29.9 Å². The zero-order valence-electron chi connectivity index (χ0n) is 9.30. The van der Waals surface area contributed by atoms with Crippen LogP contribution in [0, 0.1) is 0 Å². The Hall–Kier alpha value is -1.43. The van der Waals surface area contributed by atoms with Crippen LogP contribution in [0.2, 0.25) is 0 Å². The Bertz CT molecular complexity index is 598. The molecule has 0 atom stereocenters. The van der Waals surface area contributed by atoms with E-state index in [2.05, 4.69) is 4.98 Å². The van der Waals surface area contributed by atoms with E-state index in [0.717, 1.165) is 16.7 Å². The Morgan fingerprint density at radius 3 is 2.47 bits per heavy atom. The van der Waals surface area contributed by atoms with Crippen molar-refractivity contribution in [3.8, 4) is 11.5 Å². The average Bonchev–Trinajstić information content (AvgIpc) is 2.73. The van der Waals surface area contributed by atoms with Crippen molar-refractivity contribution >= 4 is 11.1 Å². The van der Waals surface area contributed by atoms with Crippen molar-refractivity contribution in [2.45, 2.75) is 0 Å². The molecule has 2 aromatic heterocycles. The van der Waals surface area contributed by atoms with Crippen molar-refractivity contribution in [1.82, 2.24) is 4.98 Å². The molecule has 3 rings (SSSR count). The van der Waals surface area contributed by atoms with E-state index in [1.165, 1.54) is 0 Å². The molecular formula is C13H11IN2O. The minimum absolute atomic E-state index is 0. The van der Waals surface area contributed by atoms with Gasteiger partial charge in [-0.2, -0.15) is 0 Å². The molecule has 0 fully saturated rings. The summed E-state index contributed by atoms with van der Waals surface area (Å²) in [6.07, 6.45) is 3.95. The Labute approximate surface area is 116 Å². The Kier molecular flexibility index (Phi) is 3.42. The van der Waals surface area contributed by atoms with Crippen molar-refractivity contribution in [2.24, 2.45) is 7.05 Å². The second-order valence-electron chi connectivity index (χ2n) is 3.74. The van der Waals surface area contributed by atoms with Gasteiger partial charge in [-0.1, -0.05) is 12.1 Å². The van der Waals surface area contributed by atoms with Crippen LogP contribution in [0.25, 0.3) is 22.6 Å². The number of nitrogens with zero attached hydrogens (tertiary/aromatic N) is 2. The van der Waals surface area contributed by atoms with E-state index in [0.29, 0.717) is 5.89 Å². The van der Waals surface area contributed by atoms with Gasteiger partial charge in [0.25, 0.3) is 0 Å². The largest absolute Gasteiger partial charge is 1.00 e. The van der Waals surface area contributed by atoms with Gasteiger partial charge in [0.15, 0.2) is 18.0 Å². The standard InChI is InChI=1S/C13H11N2O.HI/c1-15-8-6-10(7-9-15)13-14-11-4-2-3-5-12(11)16-13;/h2-9H,1H3;1H/q+1;/p-1. The Morgan fingerprint density at radius 2 is 1.76 bits per heavy atom.